The normalized spacial score (nSPS) is 43.6. The second-order valence-electron chi connectivity index (χ2n) is 6.16. The van der Waals surface area contributed by atoms with Crippen molar-refractivity contribution in [3.8, 4) is 0 Å². The number of carboxylic acid groups (broad SMARTS) is 1. The van der Waals surface area contributed by atoms with Crippen molar-refractivity contribution in [3.05, 3.63) is 0 Å². The largest absolute Gasteiger partial charge is 0.480 e. The first-order valence-corrected chi connectivity index (χ1v) is 6.44. The van der Waals surface area contributed by atoms with Gasteiger partial charge in [-0.2, -0.15) is 0 Å². The van der Waals surface area contributed by atoms with Crippen LogP contribution in [0.15, 0.2) is 0 Å². The molecule has 0 aliphatic heterocycles. The van der Waals surface area contributed by atoms with E-state index >= 15 is 0 Å². The van der Waals surface area contributed by atoms with Crippen LogP contribution in [0.5, 0.6) is 0 Å². The van der Waals surface area contributed by atoms with Crippen LogP contribution in [0.2, 0.25) is 0 Å². The second-order valence-corrected chi connectivity index (χ2v) is 6.16. The molecule has 2 bridgehead atoms. The summed E-state index contributed by atoms with van der Waals surface area (Å²) in [7, 11) is 0. The van der Waals surface area contributed by atoms with Gasteiger partial charge < -0.3 is 14.6 Å². The number of carbonyl (C=O) groups excluding carboxylic acids is 1. The van der Waals surface area contributed by atoms with Crippen LogP contribution in [0.3, 0.4) is 0 Å². The lowest BCUT2D eigenvalue weighted by Gasteiger charge is -2.54. The van der Waals surface area contributed by atoms with Crippen LogP contribution >= 0.6 is 0 Å². The Bertz CT molecular complexity index is 388. The Morgan fingerprint density at radius 3 is 2.78 bits per heavy atom. The lowest BCUT2D eigenvalue weighted by atomic mass is 9.52. The summed E-state index contributed by atoms with van der Waals surface area (Å²) >= 11 is 0. The van der Waals surface area contributed by atoms with E-state index in [1.54, 1.807) is 0 Å². The Labute approximate surface area is 105 Å². The maximum atomic E-state index is 10.9. The molecular weight excluding hydrogens is 236 g/mol. The van der Waals surface area contributed by atoms with Crippen LogP contribution < -0.4 is 0 Å². The van der Waals surface area contributed by atoms with Gasteiger partial charge in [-0.15, -0.1) is 0 Å². The van der Waals surface area contributed by atoms with Crippen molar-refractivity contribution in [3.63, 3.8) is 0 Å². The van der Waals surface area contributed by atoms with Gasteiger partial charge in [-0.1, -0.05) is 0 Å². The van der Waals surface area contributed by atoms with E-state index in [1.165, 1.54) is 6.92 Å². The van der Waals surface area contributed by atoms with Crippen molar-refractivity contribution in [1.82, 2.24) is 0 Å². The predicted octanol–water partition coefficient (Wildman–Crippen LogP) is 1.21. The van der Waals surface area contributed by atoms with Gasteiger partial charge in [-0.05, 0) is 37.5 Å². The Balaban J connectivity index is 1.65. The first-order valence-electron chi connectivity index (χ1n) is 6.44. The van der Waals surface area contributed by atoms with Crippen molar-refractivity contribution in [2.75, 3.05) is 13.2 Å². The van der Waals surface area contributed by atoms with E-state index in [9.17, 15) is 9.59 Å². The molecule has 18 heavy (non-hydrogen) atoms. The summed E-state index contributed by atoms with van der Waals surface area (Å²) in [5.74, 6) is 0.0484. The van der Waals surface area contributed by atoms with Crippen LogP contribution in [0.1, 0.15) is 32.6 Å². The third-order valence-electron chi connectivity index (χ3n) is 4.99. The lowest BCUT2D eigenvalue weighted by Crippen LogP contribution is -2.52. The molecular formula is C13H18O5. The Kier molecular flexibility index (Phi) is 2.46. The van der Waals surface area contributed by atoms with E-state index in [0.29, 0.717) is 18.4 Å². The van der Waals surface area contributed by atoms with Crippen LogP contribution in [-0.4, -0.2) is 35.9 Å². The monoisotopic (exact) mass is 254 g/mol. The lowest BCUT2D eigenvalue weighted by molar-refractivity contribution is -0.168. The SMILES string of the molecule is CC(=O)OCC12CC3CC(OCC(=O)O)(CC31)C2. The van der Waals surface area contributed by atoms with E-state index in [4.69, 9.17) is 14.6 Å². The molecule has 0 aromatic carbocycles. The maximum absolute atomic E-state index is 10.9. The Morgan fingerprint density at radius 1 is 1.33 bits per heavy atom. The molecule has 0 saturated heterocycles. The minimum absolute atomic E-state index is 0.0765. The summed E-state index contributed by atoms with van der Waals surface area (Å²) in [4.78, 5) is 21.6. The molecule has 0 spiro atoms. The highest BCUT2D eigenvalue weighted by molar-refractivity contribution is 5.68. The highest BCUT2D eigenvalue weighted by atomic mass is 16.5. The van der Waals surface area contributed by atoms with Crippen LogP contribution in [0.25, 0.3) is 0 Å². The van der Waals surface area contributed by atoms with Crippen LogP contribution in [0, 0.1) is 17.3 Å². The zero-order valence-corrected chi connectivity index (χ0v) is 10.5. The van der Waals surface area contributed by atoms with Crippen molar-refractivity contribution < 1.29 is 24.2 Å². The summed E-state index contributed by atoms with van der Waals surface area (Å²) in [6.07, 6.45) is 3.86. The van der Waals surface area contributed by atoms with E-state index in [1.807, 2.05) is 0 Å². The molecule has 4 atom stereocenters. The molecule has 0 amide bonds. The van der Waals surface area contributed by atoms with Crippen molar-refractivity contribution in [1.29, 1.82) is 0 Å². The second kappa shape index (κ2) is 3.70. The fourth-order valence-corrected chi connectivity index (χ4v) is 4.55. The third kappa shape index (κ3) is 1.64. The minimum Gasteiger partial charge on any atom is -0.480 e. The molecule has 0 radical (unpaired) electrons. The van der Waals surface area contributed by atoms with E-state index < -0.39 is 5.97 Å². The Morgan fingerprint density at radius 2 is 2.11 bits per heavy atom. The topological polar surface area (TPSA) is 72.8 Å². The van der Waals surface area contributed by atoms with Gasteiger partial charge in [0.1, 0.15) is 6.61 Å². The molecule has 0 aromatic heterocycles. The summed E-state index contributed by atoms with van der Waals surface area (Å²) in [5, 5.41) is 8.72. The standard InChI is InChI=1S/C13H18O5/c1-8(14)17-7-12-2-9-3-13(6-12,4-10(9)12)18-5-11(15)16/h9-10H,2-7H2,1H3,(H,15,16). The number of esters is 1. The predicted molar refractivity (Wildman–Crippen MR) is 60.8 cm³/mol. The number of aliphatic carboxylic acids is 1. The fraction of sp³-hybridized carbons (Fsp3) is 0.846. The molecule has 4 unspecified atom stereocenters. The molecule has 5 nitrogen and oxygen atoms in total. The van der Waals surface area contributed by atoms with Gasteiger partial charge in [0.15, 0.2) is 0 Å². The van der Waals surface area contributed by atoms with Crippen LogP contribution in [-0.2, 0) is 19.1 Å². The molecule has 1 N–H and O–H groups in total. The summed E-state index contributed by atoms with van der Waals surface area (Å²) in [5.41, 5.74) is -0.181. The molecule has 3 aliphatic carbocycles. The Hall–Kier alpha value is -1.10. The van der Waals surface area contributed by atoms with Crippen molar-refractivity contribution >= 4 is 11.9 Å². The summed E-state index contributed by atoms with van der Waals surface area (Å²) < 4.78 is 10.8. The number of carbonyl (C=O) groups is 2. The number of hydrogen-bond donors (Lipinski definition) is 1. The van der Waals surface area contributed by atoms with E-state index in [2.05, 4.69) is 0 Å². The average Bonchev–Trinajstić information content (AvgIpc) is 2.72. The average molecular weight is 254 g/mol. The molecule has 0 aromatic rings. The number of carboxylic acids is 1. The quantitative estimate of drug-likeness (QED) is 0.746. The summed E-state index contributed by atoms with van der Waals surface area (Å²) in [6, 6.07) is 0. The number of fused-ring (bicyclic) bond motifs is 1. The maximum Gasteiger partial charge on any atom is 0.329 e. The molecule has 3 saturated carbocycles. The number of rotatable bonds is 5. The molecule has 5 heteroatoms. The van der Waals surface area contributed by atoms with Gasteiger partial charge in [-0.3, -0.25) is 4.79 Å². The highest BCUT2D eigenvalue weighted by Crippen LogP contribution is 2.73. The van der Waals surface area contributed by atoms with Crippen LogP contribution in [0.4, 0.5) is 0 Å². The first kappa shape index (κ1) is 12.0. The van der Waals surface area contributed by atoms with Gasteiger partial charge in [-0.25, -0.2) is 4.79 Å². The number of ether oxygens (including phenoxy) is 2. The zero-order valence-electron chi connectivity index (χ0n) is 10.5. The van der Waals surface area contributed by atoms with Gasteiger partial charge >= 0.3 is 11.9 Å². The van der Waals surface area contributed by atoms with E-state index in [-0.39, 0.29) is 23.6 Å². The van der Waals surface area contributed by atoms with Gasteiger partial charge in [0.2, 0.25) is 0 Å². The van der Waals surface area contributed by atoms with E-state index in [0.717, 1.165) is 25.7 Å². The van der Waals surface area contributed by atoms with Crippen molar-refractivity contribution in [2.24, 2.45) is 17.3 Å². The smallest absolute Gasteiger partial charge is 0.329 e. The highest BCUT2D eigenvalue weighted by Gasteiger charge is 2.71. The molecule has 100 valence electrons. The van der Waals surface area contributed by atoms with Gasteiger partial charge in [0.05, 0.1) is 12.2 Å². The molecule has 3 aliphatic rings. The molecule has 3 fully saturated rings. The molecule has 0 heterocycles. The minimum atomic E-state index is -0.914. The zero-order chi connectivity index (χ0) is 13.0. The van der Waals surface area contributed by atoms with Gasteiger partial charge in [0, 0.05) is 12.3 Å². The number of hydrogen-bond acceptors (Lipinski definition) is 4. The molecule has 3 rings (SSSR count). The third-order valence-corrected chi connectivity index (χ3v) is 4.99. The fourth-order valence-electron chi connectivity index (χ4n) is 4.55. The van der Waals surface area contributed by atoms with Gasteiger partial charge in [0.25, 0.3) is 0 Å². The summed E-state index contributed by atoms with van der Waals surface area (Å²) in [6.45, 7) is 1.68. The first-order chi connectivity index (χ1) is 8.45. The van der Waals surface area contributed by atoms with Crippen molar-refractivity contribution in [2.45, 2.75) is 38.2 Å².